The SMILES string of the molecule is CCN[C@@H](CC)Cc1ccc(C)cc1. The zero-order valence-corrected chi connectivity index (χ0v) is 9.51. The molecule has 0 unspecified atom stereocenters. The van der Waals surface area contributed by atoms with Crippen LogP contribution in [-0.2, 0) is 6.42 Å². The number of aryl methyl sites for hydroxylation is 1. The molecule has 1 N–H and O–H groups in total. The van der Waals surface area contributed by atoms with Crippen molar-refractivity contribution in [2.24, 2.45) is 0 Å². The van der Waals surface area contributed by atoms with Crippen molar-refractivity contribution in [2.75, 3.05) is 6.54 Å². The highest BCUT2D eigenvalue weighted by Gasteiger charge is 2.04. The molecule has 0 aliphatic heterocycles. The molecule has 0 saturated heterocycles. The summed E-state index contributed by atoms with van der Waals surface area (Å²) in [6.07, 6.45) is 2.34. The summed E-state index contributed by atoms with van der Waals surface area (Å²) in [6.45, 7) is 7.59. The highest BCUT2D eigenvalue weighted by atomic mass is 14.9. The van der Waals surface area contributed by atoms with Crippen LogP contribution in [-0.4, -0.2) is 12.6 Å². The van der Waals surface area contributed by atoms with E-state index in [0.717, 1.165) is 13.0 Å². The zero-order chi connectivity index (χ0) is 10.4. The Labute approximate surface area is 87.5 Å². The van der Waals surface area contributed by atoms with Gasteiger partial charge in [0, 0.05) is 6.04 Å². The second-order valence-electron chi connectivity index (χ2n) is 3.85. The van der Waals surface area contributed by atoms with Gasteiger partial charge in [-0.3, -0.25) is 0 Å². The lowest BCUT2D eigenvalue weighted by molar-refractivity contribution is 0.510. The minimum Gasteiger partial charge on any atom is -0.314 e. The minimum atomic E-state index is 0.628. The number of likely N-dealkylation sites (N-methyl/N-ethyl adjacent to an activating group) is 1. The summed E-state index contributed by atoms with van der Waals surface area (Å²) in [5.41, 5.74) is 2.77. The lowest BCUT2D eigenvalue weighted by Gasteiger charge is -2.15. The van der Waals surface area contributed by atoms with E-state index in [-0.39, 0.29) is 0 Å². The van der Waals surface area contributed by atoms with Gasteiger partial charge in [0.1, 0.15) is 0 Å². The first-order valence-electron chi connectivity index (χ1n) is 5.55. The Kier molecular flexibility index (Phi) is 4.68. The molecule has 1 aromatic rings. The predicted molar refractivity (Wildman–Crippen MR) is 62.6 cm³/mol. The molecule has 0 heterocycles. The molecule has 0 aliphatic carbocycles. The van der Waals surface area contributed by atoms with Crippen LogP contribution in [0.1, 0.15) is 31.4 Å². The third kappa shape index (κ3) is 3.51. The van der Waals surface area contributed by atoms with E-state index in [2.05, 4.69) is 50.4 Å². The van der Waals surface area contributed by atoms with Crippen molar-refractivity contribution in [1.29, 1.82) is 0 Å². The number of nitrogens with one attached hydrogen (secondary N) is 1. The molecule has 1 heteroatoms. The maximum atomic E-state index is 3.50. The Bertz CT molecular complexity index is 250. The van der Waals surface area contributed by atoms with Crippen molar-refractivity contribution >= 4 is 0 Å². The van der Waals surface area contributed by atoms with Crippen LogP contribution in [0.4, 0.5) is 0 Å². The third-order valence-corrected chi connectivity index (χ3v) is 2.59. The van der Waals surface area contributed by atoms with Crippen molar-refractivity contribution in [2.45, 2.75) is 39.7 Å². The van der Waals surface area contributed by atoms with E-state index >= 15 is 0 Å². The van der Waals surface area contributed by atoms with Gasteiger partial charge < -0.3 is 5.32 Å². The Morgan fingerprint density at radius 1 is 1.14 bits per heavy atom. The number of benzene rings is 1. The zero-order valence-electron chi connectivity index (χ0n) is 9.51. The average Bonchev–Trinajstić information content (AvgIpc) is 2.20. The van der Waals surface area contributed by atoms with E-state index in [1.807, 2.05) is 0 Å². The van der Waals surface area contributed by atoms with Gasteiger partial charge in [-0.1, -0.05) is 43.7 Å². The first-order chi connectivity index (χ1) is 6.76. The highest BCUT2D eigenvalue weighted by Crippen LogP contribution is 2.07. The number of rotatable bonds is 5. The van der Waals surface area contributed by atoms with Gasteiger partial charge in [-0.15, -0.1) is 0 Å². The van der Waals surface area contributed by atoms with Crippen molar-refractivity contribution in [3.63, 3.8) is 0 Å². The third-order valence-electron chi connectivity index (χ3n) is 2.59. The van der Waals surface area contributed by atoms with E-state index in [1.165, 1.54) is 17.5 Å². The molecule has 0 spiro atoms. The molecular weight excluding hydrogens is 170 g/mol. The molecule has 1 atom stereocenters. The van der Waals surface area contributed by atoms with Gasteiger partial charge in [0.15, 0.2) is 0 Å². The quantitative estimate of drug-likeness (QED) is 0.754. The lowest BCUT2D eigenvalue weighted by Crippen LogP contribution is -2.30. The van der Waals surface area contributed by atoms with Gasteiger partial charge in [0.05, 0.1) is 0 Å². The fraction of sp³-hybridized carbons (Fsp3) is 0.538. The van der Waals surface area contributed by atoms with Gasteiger partial charge in [0.25, 0.3) is 0 Å². The first kappa shape index (κ1) is 11.3. The molecule has 0 aliphatic rings. The van der Waals surface area contributed by atoms with Crippen LogP contribution in [0.25, 0.3) is 0 Å². The van der Waals surface area contributed by atoms with Gasteiger partial charge in [-0.25, -0.2) is 0 Å². The maximum Gasteiger partial charge on any atom is 0.0105 e. The fourth-order valence-corrected chi connectivity index (χ4v) is 1.66. The molecule has 0 radical (unpaired) electrons. The van der Waals surface area contributed by atoms with Gasteiger partial charge in [0.2, 0.25) is 0 Å². The molecule has 1 rings (SSSR count). The molecule has 78 valence electrons. The normalized spacial score (nSPS) is 12.8. The van der Waals surface area contributed by atoms with E-state index < -0.39 is 0 Å². The second kappa shape index (κ2) is 5.82. The largest absolute Gasteiger partial charge is 0.314 e. The fourth-order valence-electron chi connectivity index (χ4n) is 1.66. The lowest BCUT2D eigenvalue weighted by atomic mass is 10.0. The summed E-state index contributed by atoms with van der Waals surface area (Å²) in [5.74, 6) is 0. The highest BCUT2D eigenvalue weighted by molar-refractivity contribution is 5.22. The van der Waals surface area contributed by atoms with Gasteiger partial charge in [-0.2, -0.15) is 0 Å². The monoisotopic (exact) mass is 191 g/mol. The molecule has 0 saturated carbocycles. The van der Waals surface area contributed by atoms with E-state index in [9.17, 15) is 0 Å². The minimum absolute atomic E-state index is 0.628. The average molecular weight is 191 g/mol. The summed E-state index contributed by atoms with van der Waals surface area (Å²) in [4.78, 5) is 0. The topological polar surface area (TPSA) is 12.0 Å². The molecule has 0 amide bonds. The predicted octanol–water partition coefficient (Wildman–Crippen LogP) is 2.93. The van der Waals surface area contributed by atoms with E-state index in [1.54, 1.807) is 0 Å². The van der Waals surface area contributed by atoms with Crippen molar-refractivity contribution in [3.8, 4) is 0 Å². The number of hydrogen-bond acceptors (Lipinski definition) is 1. The van der Waals surface area contributed by atoms with Crippen LogP contribution in [0.2, 0.25) is 0 Å². The van der Waals surface area contributed by atoms with Crippen molar-refractivity contribution < 1.29 is 0 Å². The smallest absolute Gasteiger partial charge is 0.0105 e. The van der Waals surface area contributed by atoms with Crippen molar-refractivity contribution in [1.82, 2.24) is 5.32 Å². The Morgan fingerprint density at radius 2 is 1.79 bits per heavy atom. The number of hydrogen-bond donors (Lipinski definition) is 1. The van der Waals surface area contributed by atoms with Crippen LogP contribution in [0.5, 0.6) is 0 Å². The molecule has 0 bridgehead atoms. The van der Waals surface area contributed by atoms with Crippen LogP contribution < -0.4 is 5.32 Å². The molecule has 0 fully saturated rings. The summed E-state index contributed by atoms with van der Waals surface area (Å²) >= 11 is 0. The van der Waals surface area contributed by atoms with E-state index in [4.69, 9.17) is 0 Å². The maximum absolute atomic E-state index is 3.50. The molecule has 1 nitrogen and oxygen atoms in total. The summed E-state index contributed by atoms with van der Waals surface area (Å²) in [5, 5.41) is 3.50. The van der Waals surface area contributed by atoms with Crippen LogP contribution in [0, 0.1) is 6.92 Å². The van der Waals surface area contributed by atoms with Crippen LogP contribution in [0.3, 0.4) is 0 Å². The Hall–Kier alpha value is -0.820. The van der Waals surface area contributed by atoms with Gasteiger partial charge >= 0.3 is 0 Å². The Balaban J connectivity index is 2.53. The summed E-state index contributed by atoms with van der Waals surface area (Å²) in [6, 6.07) is 9.47. The molecule has 0 aromatic heterocycles. The standard InChI is InChI=1S/C13H21N/c1-4-13(14-5-2)10-12-8-6-11(3)7-9-12/h6-9,13-14H,4-5,10H2,1-3H3/t13-/m0/s1. The second-order valence-corrected chi connectivity index (χ2v) is 3.85. The molecule has 1 aromatic carbocycles. The van der Waals surface area contributed by atoms with Crippen LogP contribution >= 0.6 is 0 Å². The van der Waals surface area contributed by atoms with Crippen molar-refractivity contribution in [3.05, 3.63) is 35.4 Å². The van der Waals surface area contributed by atoms with Crippen LogP contribution in [0.15, 0.2) is 24.3 Å². The van der Waals surface area contributed by atoms with Gasteiger partial charge in [-0.05, 0) is 31.9 Å². The Morgan fingerprint density at radius 3 is 2.29 bits per heavy atom. The first-order valence-corrected chi connectivity index (χ1v) is 5.55. The molecule has 14 heavy (non-hydrogen) atoms. The summed E-state index contributed by atoms with van der Waals surface area (Å²) in [7, 11) is 0. The van der Waals surface area contributed by atoms with E-state index in [0.29, 0.717) is 6.04 Å². The summed E-state index contributed by atoms with van der Waals surface area (Å²) < 4.78 is 0. The molecular formula is C13H21N.